The molecule has 5 nitrogen and oxygen atoms in total. The first-order chi connectivity index (χ1) is 10.6. The summed E-state index contributed by atoms with van der Waals surface area (Å²) in [5.41, 5.74) is 6.00. The van der Waals surface area contributed by atoms with E-state index in [-0.39, 0.29) is 24.2 Å². The van der Waals surface area contributed by atoms with Gasteiger partial charge in [0.05, 0.1) is 24.9 Å². The molecule has 0 aromatic heterocycles. The summed E-state index contributed by atoms with van der Waals surface area (Å²) in [5.74, 6) is 0.554. The van der Waals surface area contributed by atoms with Crippen molar-refractivity contribution in [3.05, 3.63) is 0 Å². The van der Waals surface area contributed by atoms with E-state index in [9.17, 15) is 4.79 Å². The minimum atomic E-state index is -0.354. The van der Waals surface area contributed by atoms with Crippen molar-refractivity contribution in [2.75, 3.05) is 26.3 Å². The fourth-order valence-corrected chi connectivity index (χ4v) is 3.27. The number of carbonyl (C=O) groups is 1. The molecule has 1 unspecified atom stereocenters. The third kappa shape index (κ3) is 5.52. The average Bonchev–Trinajstić information content (AvgIpc) is 2.53. The van der Waals surface area contributed by atoms with Crippen molar-refractivity contribution in [3.63, 3.8) is 0 Å². The Morgan fingerprint density at radius 2 is 2.00 bits per heavy atom. The Kier molecular flexibility index (Phi) is 7.12. The van der Waals surface area contributed by atoms with Crippen molar-refractivity contribution in [1.82, 2.24) is 4.90 Å². The van der Waals surface area contributed by atoms with Crippen LogP contribution in [0, 0.1) is 5.92 Å². The van der Waals surface area contributed by atoms with Gasteiger partial charge in [-0.25, -0.2) is 0 Å². The van der Waals surface area contributed by atoms with E-state index in [2.05, 4.69) is 13.8 Å². The summed E-state index contributed by atoms with van der Waals surface area (Å²) in [5, 5.41) is 0. The molecule has 2 aliphatic heterocycles. The highest BCUT2D eigenvalue weighted by molar-refractivity contribution is 5.81. The van der Waals surface area contributed by atoms with Gasteiger partial charge >= 0.3 is 0 Å². The summed E-state index contributed by atoms with van der Waals surface area (Å²) in [6.45, 7) is 7.29. The van der Waals surface area contributed by atoms with E-state index in [0.29, 0.717) is 12.5 Å². The zero-order valence-corrected chi connectivity index (χ0v) is 14.1. The van der Waals surface area contributed by atoms with E-state index in [4.69, 9.17) is 15.2 Å². The fraction of sp³-hybridized carbons (Fsp3) is 0.941. The minimum absolute atomic E-state index is 0.0998. The second-order valence-corrected chi connectivity index (χ2v) is 7.08. The van der Waals surface area contributed by atoms with Gasteiger partial charge < -0.3 is 20.1 Å². The van der Waals surface area contributed by atoms with Crippen LogP contribution in [-0.2, 0) is 14.3 Å². The van der Waals surface area contributed by atoms with Crippen molar-refractivity contribution < 1.29 is 14.3 Å². The summed E-state index contributed by atoms with van der Waals surface area (Å²) < 4.78 is 11.7. The van der Waals surface area contributed by atoms with Gasteiger partial charge in [-0.2, -0.15) is 0 Å². The Labute approximate surface area is 134 Å². The second kappa shape index (κ2) is 8.85. The van der Waals surface area contributed by atoms with Crippen LogP contribution >= 0.6 is 0 Å². The van der Waals surface area contributed by atoms with Gasteiger partial charge in [-0.1, -0.05) is 13.8 Å². The standard InChI is InChI=1S/C17H32N2O3/c1-13(2)11-16(18)17(20)19-8-6-14(7-9-19)22-12-15-5-3-4-10-21-15/h13-16H,3-12,18H2,1-2H3/t15?,16-/m0/s1. The van der Waals surface area contributed by atoms with Crippen molar-refractivity contribution >= 4 is 5.91 Å². The topological polar surface area (TPSA) is 64.8 Å². The van der Waals surface area contributed by atoms with E-state index < -0.39 is 0 Å². The summed E-state index contributed by atoms with van der Waals surface area (Å²) >= 11 is 0. The van der Waals surface area contributed by atoms with Gasteiger partial charge in [-0.15, -0.1) is 0 Å². The molecule has 0 aliphatic carbocycles. The SMILES string of the molecule is CC(C)C[C@H](N)C(=O)N1CCC(OCC2CCCCO2)CC1. The molecule has 2 aliphatic rings. The molecule has 0 spiro atoms. The minimum Gasteiger partial charge on any atom is -0.376 e. The zero-order chi connectivity index (χ0) is 15.9. The highest BCUT2D eigenvalue weighted by atomic mass is 16.5. The fourth-order valence-electron chi connectivity index (χ4n) is 3.27. The zero-order valence-electron chi connectivity index (χ0n) is 14.1. The predicted octanol–water partition coefficient (Wildman–Crippen LogP) is 1.94. The van der Waals surface area contributed by atoms with E-state index in [1.165, 1.54) is 12.8 Å². The Morgan fingerprint density at radius 1 is 1.27 bits per heavy atom. The molecule has 2 fully saturated rings. The molecule has 128 valence electrons. The van der Waals surface area contributed by atoms with Gasteiger partial charge in [0.2, 0.25) is 5.91 Å². The lowest BCUT2D eigenvalue weighted by atomic mass is 10.0. The summed E-state index contributed by atoms with van der Waals surface area (Å²) in [7, 11) is 0. The molecule has 1 amide bonds. The first kappa shape index (κ1) is 17.7. The number of likely N-dealkylation sites (tertiary alicyclic amines) is 1. The monoisotopic (exact) mass is 312 g/mol. The van der Waals surface area contributed by atoms with Crippen LogP contribution in [0.2, 0.25) is 0 Å². The molecule has 2 atom stereocenters. The van der Waals surface area contributed by atoms with E-state index in [1.807, 2.05) is 4.90 Å². The van der Waals surface area contributed by atoms with Crippen LogP contribution in [0.4, 0.5) is 0 Å². The molecule has 5 heteroatoms. The van der Waals surface area contributed by atoms with Gasteiger partial charge in [0.25, 0.3) is 0 Å². The van der Waals surface area contributed by atoms with Gasteiger partial charge in [-0.05, 0) is 44.4 Å². The maximum atomic E-state index is 12.3. The smallest absolute Gasteiger partial charge is 0.239 e. The molecule has 0 aromatic rings. The lowest BCUT2D eigenvalue weighted by Crippen LogP contribution is -2.48. The van der Waals surface area contributed by atoms with Crippen LogP contribution in [0.3, 0.4) is 0 Å². The maximum absolute atomic E-state index is 12.3. The normalized spacial score (nSPS) is 25.5. The van der Waals surface area contributed by atoms with Crippen molar-refractivity contribution in [1.29, 1.82) is 0 Å². The van der Waals surface area contributed by atoms with E-state index >= 15 is 0 Å². The molecule has 0 bridgehead atoms. The largest absolute Gasteiger partial charge is 0.376 e. The molecule has 0 saturated carbocycles. The lowest BCUT2D eigenvalue weighted by Gasteiger charge is -2.34. The van der Waals surface area contributed by atoms with Crippen LogP contribution in [0.5, 0.6) is 0 Å². The third-order valence-electron chi connectivity index (χ3n) is 4.59. The van der Waals surface area contributed by atoms with Crippen LogP contribution in [0.15, 0.2) is 0 Å². The first-order valence-electron chi connectivity index (χ1n) is 8.84. The number of amides is 1. The molecule has 22 heavy (non-hydrogen) atoms. The molecule has 2 heterocycles. The number of piperidine rings is 1. The van der Waals surface area contributed by atoms with Gasteiger partial charge in [0.1, 0.15) is 0 Å². The molecule has 2 saturated heterocycles. The summed E-state index contributed by atoms with van der Waals surface area (Å²) in [6.07, 6.45) is 6.64. The highest BCUT2D eigenvalue weighted by Gasteiger charge is 2.27. The number of ether oxygens (including phenoxy) is 2. The number of hydrogen-bond donors (Lipinski definition) is 1. The lowest BCUT2D eigenvalue weighted by molar-refractivity contribution is -0.136. The number of rotatable bonds is 6. The van der Waals surface area contributed by atoms with E-state index in [1.54, 1.807) is 0 Å². The molecule has 0 aromatic carbocycles. The van der Waals surface area contributed by atoms with Gasteiger partial charge in [-0.3, -0.25) is 4.79 Å². The van der Waals surface area contributed by atoms with Crippen molar-refractivity contribution in [2.45, 2.75) is 70.6 Å². The van der Waals surface area contributed by atoms with Crippen molar-refractivity contribution in [3.8, 4) is 0 Å². The maximum Gasteiger partial charge on any atom is 0.239 e. The number of nitrogens with zero attached hydrogens (tertiary/aromatic N) is 1. The van der Waals surface area contributed by atoms with E-state index in [0.717, 1.165) is 45.4 Å². The van der Waals surface area contributed by atoms with Crippen molar-refractivity contribution in [2.24, 2.45) is 11.7 Å². The molecule has 2 N–H and O–H groups in total. The Hall–Kier alpha value is -0.650. The third-order valence-corrected chi connectivity index (χ3v) is 4.59. The number of nitrogens with two attached hydrogens (primary N) is 1. The molecular weight excluding hydrogens is 280 g/mol. The number of carbonyl (C=O) groups excluding carboxylic acids is 1. The van der Waals surface area contributed by atoms with Crippen LogP contribution < -0.4 is 5.73 Å². The highest BCUT2D eigenvalue weighted by Crippen LogP contribution is 2.18. The first-order valence-corrected chi connectivity index (χ1v) is 8.84. The average molecular weight is 312 g/mol. The van der Waals surface area contributed by atoms with Gasteiger partial charge in [0.15, 0.2) is 0 Å². The predicted molar refractivity (Wildman–Crippen MR) is 86.6 cm³/mol. The quantitative estimate of drug-likeness (QED) is 0.814. The molecular formula is C17H32N2O3. The summed E-state index contributed by atoms with van der Waals surface area (Å²) in [6, 6.07) is -0.354. The van der Waals surface area contributed by atoms with Crippen LogP contribution in [0.25, 0.3) is 0 Å². The Balaban J connectivity index is 1.65. The Bertz CT molecular complexity index is 335. The second-order valence-electron chi connectivity index (χ2n) is 7.08. The van der Waals surface area contributed by atoms with Crippen LogP contribution in [0.1, 0.15) is 52.4 Å². The molecule has 0 radical (unpaired) electrons. The Morgan fingerprint density at radius 3 is 2.59 bits per heavy atom. The van der Waals surface area contributed by atoms with Gasteiger partial charge in [0, 0.05) is 19.7 Å². The number of hydrogen-bond acceptors (Lipinski definition) is 4. The van der Waals surface area contributed by atoms with Crippen LogP contribution in [-0.4, -0.2) is 55.4 Å². The summed E-state index contributed by atoms with van der Waals surface area (Å²) in [4.78, 5) is 14.2. The molecule has 2 rings (SSSR count).